The summed E-state index contributed by atoms with van der Waals surface area (Å²) in [6.45, 7) is 1.10. The molecule has 0 aliphatic carbocycles. The second-order valence-electron chi connectivity index (χ2n) is 4.83. The molecule has 20 heavy (non-hydrogen) atoms. The molecule has 0 aromatic heterocycles. The largest absolute Gasteiger partial charge is 0.497 e. The van der Waals surface area contributed by atoms with E-state index in [9.17, 15) is 0 Å². The molecule has 1 rings (SSSR count). The quantitative estimate of drug-likeness (QED) is 0.707. The lowest BCUT2D eigenvalue weighted by Crippen LogP contribution is -2.21. The Morgan fingerprint density at radius 1 is 1.25 bits per heavy atom. The van der Waals surface area contributed by atoms with Gasteiger partial charge in [-0.1, -0.05) is 6.07 Å². The fourth-order valence-corrected chi connectivity index (χ4v) is 3.13. The number of hydrogen-bond donors (Lipinski definition) is 1. The summed E-state index contributed by atoms with van der Waals surface area (Å²) in [6, 6.07) is 6.27. The number of benzene rings is 1. The first-order valence-electron chi connectivity index (χ1n) is 6.74. The zero-order valence-corrected chi connectivity index (χ0v) is 13.9. The van der Waals surface area contributed by atoms with E-state index in [0.29, 0.717) is 0 Å². The van der Waals surface area contributed by atoms with E-state index in [1.165, 1.54) is 5.56 Å². The Bertz CT molecular complexity index is 399. The molecule has 0 heterocycles. The fourth-order valence-electron chi connectivity index (χ4n) is 1.88. The Kier molecular flexibility index (Phi) is 7.80. The van der Waals surface area contributed by atoms with Gasteiger partial charge in [0, 0.05) is 35.7 Å². The van der Waals surface area contributed by atoms with Crippen molar-refractivity contribution in [2.75, 3.05) is 53.4 Å². The molecule has 5 heteroatoms. The van der Waals surface area contributed by atoms with Crippen LogP contribution >= 0.6 is 11.8 Å². The van der Waals surface area contributed by atoms with Gasteiger partial charge in [0.05, 0.1) is 14.2 Å². The van der Waals surface area contributed by atoms with Gasteiger partial charge in [0.1, 0.15) is 11.5 Å². The Labute approximate surface area is 126 Å². The summed E-state index contributed by atoms with van der Waals surface area (Å²) in [5, 5.41) is 3.36. The first-order valence-corrected chi connectivity index (χ1v) is 7.89. The molecule has 0 spiro atoms. The summed E-state index contributed by atoms with van der Waals surface area (Å²) < 4.78 is 10.7. The van der Waals surface area contributed by atoms with Crippen LogP contribution in [-0.4, -0.2) is 58.3 Å². The van der Waals surface area contributed by atoms with E-state index in [1.807, 2.05) is 30.9 Å². The number of thioether (sulfide) groups is 1. The standard InChI is InChI=1S/C15H26N2O2S/c1-16-14(11-20-9-8-17(2)3)13-7-6-12(18-4)10-15(13)19-5/h6-7,10,14,16H,8-9,11H2,1-5H3. The molecular formula is C15H26N2O2S. The van der Waals surface area contributed by atoms with Crippen molar-refractivity contribution >= 4 is 11.8 Å². The van der Waals surface area contributed by atoms with Crippen molar-refractivity contribution in [3.8, 4) is 11.5 Å². The van der Waals surface area contributed by atoms with E-state index in [-0.39, 0.29) is 6.04 Å². The summed E-state index contributed by atoms with van der Waals surface area (Å²) in [5.74, 6) is 3.84. The van der Waals surface area contributed by atoms with Crippen molar-refractivity contribution in [3.63, 3.8) is 0 Å². The van der Waals surface area contributed by atoms with Crippen LogP contribution in [0, 0.1) is 0 Å². The van der Waals surface area contributed by atoms with Crippen LogP contribution in [0.25, 0.3) is 0 Å². The number of methoxy groups -OCH3 is 2. The maximum atomic E-state index is 5.48. The van der Waals surface area contributed by atoms with E-state index < -0.39 is 0 Å². The molecule has 1 N–H and O–H groups in total. The highest BCUT2D eigenvalue weighted by Gasteiger charge is 2.15. The summed E-state index contributed by atoms with van der Waals surface area (Å²) in [5.41, 5.74) is 1.17. The summed E-state index contributed by atoms with van der Waals surface area (Å²) in [4.78, 5) is 2.20. The van der Waals surface area contributed by atoms with Crippen LogP contribution in [0.2, 0.25) is 0 Å². The van der Waals surface area contributed by atoms with Gasteiger partial charge in [-0.15, -0.1) is 0 Å². The van der Waals surface area contributed by atoms with Crippen molar-refractivity contribution in [3.05, 3.63) is 23.8 Å². The normalized spacial score (nSPS) is 12.5. The first kappa shape index (κ1) is 17.1. The first-order chi connectivity index (χ1) is 9.62. The Hall–Kier alpha value is -0.910. The Morgan fingerprint density at radius 3 is 2.55 bits per heavy atom. The van der Waals surface area contributed by atoms with Gasteiger partial charge in [-0.05, 0) is 27.2 Å². The van der Waals surface area contributed by atoms with E-state index in [1.54, 1.807) is 14.2 Å². The Balaban J connectivity index is 2.68. The summed E-state index contributed by atoms with van der Waals surface area (Å²) >= 11 is 1.95. The van der Waals surface area contributed by atoms with Crippen LogP contribution < -0.4 is 14.8 Å². The van der Waals surface area contributed by atoms with Gasteiger partial charge in [-0.3, -0.25) is 0 Å². The van der Waals surface area contributed by atoms with Gasteiger partial charge in [-0.2, -0.15) is 11.8 Å². The number of hydrogen-bond acceptors (Lipinski definition) is 5. The maximum absolute atomic E-state index is 5.48. The van der Waals surface area contributed by atoms with Crippen LogP contribution in [0.5, 0.6) is 11.5 Å². The van der Waals surface area contributed by atoms with E-state index >= 15 is 0 Å². The lowest BCUT2D eigenvalue weighted by Gasteiger charge is -2.20. The molecule has 0 bridgehead atoms. The number of nitrogens with one attached hydrogen (secondary N) is 1. The predicted molar refractivity (Wildman–Crippen MR) is 87.2 cm³/mol. The highest BCUT2D eigenvalue weighted by molar-refractivity contribution is 7.99. The molecule has 0 aliphatic rings. The highest BCUT2D eigenvalue weighted by Crippen LogP contribution is 2.30. The van der Waals surface area contributed by atoms with Crippen LogP contribution in [0.15, 0.2) is 18.2 Å². The van der Waals surface area contributed by atoms with Crippen molar-refractivity contribution < 1.29 is 9.47 Å². The molecule has 0 aliphatic heterocycles. The molecule has 1 aromatic carbocycles. The van der Waals surface area contributed by atoms with Crippen LogP contribution in [0.4, 0.5) is 0 Å². The fraction of sp³-hybridized carbons (Fsp3) is 0.600. The highest BCUT2D eigenvalue weighted by atomic mass is 32.2. The molecule has 0 fully saturated rings. The van der Waals surface area contributed by atoms with Gasteiger partial charge < -0.3 is 19.7 Å². The monoisotopic (exact) mass is 298 g/mol. The van der Waals surface area contributed by atoms with Crippen molar-refractivity contribution in [2.45, 2.75) is 6.04 Å². The topological polar surface area (TPSA) is 33.7 Å². The van der Waals surface area contributed by atoms with Gasteiger partial charge >= 0.3 is 0 Å². The predicted octanol–water partition coefficient (Wildman–Crippen LogP) is 2.26. The van der Waals surface area contributed by atoms with Gasteiger partial charge in [-0.25, -0.2) is 0 Å². The zero-order chi connectivity index (χ0) is 15.0. The molecule has 0 saturated carbocycles. The molecule has 4 nitrogen and oxygen atoms in total. The minimum Gasteiger partial charge on any atom is -0.497 e. The van der Waals surface area contributed by atoms with Crippen LogP contribution in [0.3, 0.4) is 0 Å². The zero-order valence-electron chi connectivity index (χ0n) is 13.1. The molecule has 1 atom stereocenters. The SMILES string of the molecule is CNC(CSCCN(C)C)c1ccc(OC)cc1OC. The minimum absolute atomic E-state index is 0.281. The van der Waals surface area contributed by atoms with Gasteiger partial charge in [0.15, 0.2) is 0 Å². The summed E-state index contributed by atoms with van der Waals surface area (Å²) in [7, 11) is 9.55. The van der Waals surface area contributed by atoms with Crippen molar-refractivity contribution in [1.82, 2.24) is 10.2 Å². The maximum Gasteiger partial charge on any atom is 0.127 e. The molecule has 1 aromatic rings. The average molecular weight is 298 g/mol. The molecule has 0 radical (unpaired) electrons. The smallest absolute Gasteiger partial charge is 0.127 e. The Morgan fingerprint density at radius 2 is 2.00 bits per heavy atom. The number of nitrogens with zero attached hydrogens (tertiary/aromatic N) is 1. The van der Waals surface area contributed by atoms with Crippen molar-refractivity contribution in [1.29, 1.82) is 0 Å². The second kappa shape index (κ2) is 9.10. The lowest BCUT2D eigenvalue weighted by atomic mass is 10.1. The second-order valence-corrected chi connectivity index (χ2v) is 5.98. The van der Waals surface area contributed by atoms with Crippen LogP contribution in [0.1, 0.15) is 11.6 Å². The molecule has 0 amide bonds. The van der Waals surface area contributed by atoms with Gasteiger partial charge in [0.2, 0.25) is 0 Å². The number of rotatable bonds is 9. The number of ether oxygens (including phenoxy) is 2. The van der Waals surface area contributed by atoms with Gasteiger partial charge in [0.25, 0.3) is 0 Å². The van der Waals surface area contributed by atoms with Crippen LogP contribution in [-0.2, 0) is 0 Å². The third-order valence-corrected chi connectivity index (χ3v) is 4.17. The average Bonchev–Trinajstić information content (AvgIpc) is 2.46. The van der Waals surface area contributed by atoms with E-state index in [4.69, 9.17) is 9.47 Å². The third-order valence-electron chi connectivity index (χ3n) is 3.13. The minimum atomic E-state index is 0.281. The molecule has 114 valence electrons. The van der Waals surface area contributed by atoms with Crippen molar-refractivity contribution in [2.24, 2.45) is 0 Å². The molecular weight excluding hydrogens is 272 g/mol. The third kappa shape index (κ3) is 5.23. The molecule has 0 saturated heterocycles. The van der Waals surface area contributed by atoms with E-state index in [0.717, 1.165) is 29.5 Å². The molecule has 1 unspecified atom stereocenters. The van der Waals surface area contributed by atoms with E-state index in [2.05, 4.69) is 30.4 Å². The summed E-state index contributed by atoms with van der Waals surface area (Å²) in [6.07, 6.45) is 0. The lowest BCUT2D eigenvalue weighted by molar-refractivity contribution is 0.387.